The molecule has 0 bridgehead atoms. The SMILES string of the molecule is Cc1ccc(NC(=O)CCC(=O)NNC(=O)CCCCCCCC(=O)NNC(=O)CCC(=O)Nc2ccc(C)c(C)c2)cc1C. The molecule has 12 nitrogen and oxygen atoms in total. The summed E-state index contributed by atoms with van der Waals surface area (Å²) in [5.41, 5.74) is 15.1. The maximum atomic E-state index is 12.1. The molecule has 0 aliphatic heterocycles. The van der Waals surface area contributed by atoms with Crippen LogP contribution in [0.2, 0.25) is 0 Å². The number of hydrazine groups is 2. The van der Waals surface area contributed by atoms with E-state index < -0.39 is 11.8 Å². The van der Waals surface area contributed by atoms with Crippen molar-refractivity contribution < 1.29 is 28.8 Å². The van der Waals surface area contributed by atoms with Crippen molar-refractivity contribution in [2.45, 2.75) is 98.3 Å². The van der Waals surface area contributed by atoms with Crippen LogP contribution in [0.25, 0.3) is 0 Å². The second-order valence-electron chi connectivity index (χ2n) is 11.2. The van der Waals surface area contributed by atoms with Crippen molar-refractivity contribution in [2.24, 2.45) is 0 Å². The molecule has 244 valence electrons. The Labute approximate surface area is 264 Å². The molecular weight excluding hydrogens is 576 g/mol. The van der Waals surface area contributed by atoms with Gasteiger partial charge >= 0.3 is 0 Å². The summed E-state index contributed by atoms with van der Waals surface area (Å²) in [6.07, 6.45) is 3.98. The molecule has 0 spiro atoms. The minimum Gasteiger partial charge on any atom is -0.326 e. The van der Waals surface area contributed by atoms with E-state index in [-0.39, 0.29) is 62.2 Å². The first-order valence-electron chi connectivity index (χ1n) is 15.3. The van der Waals surface area contributed by atoms with Gasteiger partial charge in [0, 0.05) is 49.9 Å². The van der Waals surface area contributed by atoms with E-state index >= 15 is 0 Å². The first-order valence-corrected chi connectivity index (χ1v) is 15.3. The quantitative estimate of drug-likeness (QED) is 0.121. The topological polar surface area (TPSA) is 175 Å². The predicted molar refractivity (Wildman–Crippen MR) is 172 cm³/mol. The van der Waals surface area contributed by atoms with E-state index in [0.29, 0.717) is 24.2 Å². The summed E-state index contributed by atoms with van der Waals surface area (Å²) in [7, 11) is 0. The molecule has 2 aromatic rings. The number of aryl methyl sites for hydroxylation is 4. The third-order valence-electron chi connectivity index (χ3n) is 7.23. The highest BCUT2D eigenvalue weighted by molar-refractivity contribution is 5.94. The molecule has 45 heavy (non-hydrogen) atoms. The van der Waals surface area contributed by atoms with Gasteiger partial charge in [-0.3, -0.25) is 50.5 Å². The minimum atomic E-state index is -0.452. The summed E-state index contributed by atoms with van der Waals surface area (Å²) in [6, 6.07) is 11.2. The number of carbonyl (C=O) groups excluding carboxylic acids is 6. The van der Waals surface area contributed by atoms with Crippen LogP contribution < -0.4 is 32.3 Å². The Hall–Kier alpha value is -4.74. The van der Waals surface area contributed by atoms with E-state index in [1.165, 1.54) is 0 Å². The van der Waals surface area contributed by atoms with Crippen LogP contribution in [0.1, 0.15) is 92.9 Å². The van der Waals surface area contributed by atoms with Gasteiger partial charge in [-0.05, 0) is 87.1 Å². The number of nitrogens with one attached hydrogen (secondary N) is 6. The first kappa shape index (κ1) is 36.5. The molecule has 0 saturated carbocycles. The third-order valence-corrected chi connectivity index (χ3v) is 7.23. The summed E-state index contributed by atoms with van der Waals surface area (Å²) in [5.74, 6) is -2.11. The second kappa shape index (κ2) is 19.5. The Morgan fingerprint density at radius 3 is 1.07 bits per heavy atom. The zero-order chi connectivity index (χ0) is 33.2. The maximum Gasteiger partial charge on any atom is 0.238 e. The molecule has 0 fully saturated rings. The Morgan fingerprint density at radius 1 is 0.400 bits per heavy atom. The van der Waals surface area contributed by atoms with Crippen LogP contribution in [-0.4, -0.2) is 35.4 Å². The van der Waals surface area contributed by atoms with Crippen LogP contribution in [0.5, 0.6) is 0 Å². The summed E-state index contributed by atoms with van der Waals surface area (Å²) < 4.78 is 0. The maximum absolute atomic E-state index is 12.1. The van der Waals surface area contributed by atoms with Crippen molar-refractivity contribution in [2.75, 3.05) is 10.6 Å². The lowest BCUT2D eigenvalue weighted by Gasteiger charge is -2.09. The fraction of sp³-hybridized carbons (Fsp3) is 0.455. The third kappa shape index (κ3) is 15.5. The number of hydrogen-bond acceptors (Lipinski definition) is 6. The van der Waals surface area contributed by atoms with Crippen LogP contribution in [0, 0.1) is 27.7 Å². The van der Waals surface area contributed by atoms with Gasteiger partial charge in [0.15, 0.2) is 0 Å². The van der Waals surface area contributed by atoms with Gasteiger partial charge in [-0.15, -0.1) is 0 Å². The van der Waals surface area contributed by atoms with Gasteiger partial charge < -0.3 is 10.6 Å². The molecule has 0 aliphatic rings. The number of carbonyl (C=O) groups is 6. The van der Waals surface area contributed by atoms with Crippen LogP contribution in [0.15, 0.2) is 36.4 Å². The van der Waals surface area contributed by atoms with Crippen molar-refractivity contribution in [1.82, 2.24) is 21.7 Å². The van der Waals surface area contributed by atoms with Crippen molar-refractivity contribution in [3.63, 3.8) is 0 Å². The molecule has 0 atom stereocenters. The van der Waals surface area contributed by atoms with Gasteiger partial charge in [-0.25, -0.2) is 0 Å². The van der Waals surface area contributed by atoms with Crippen LogP contribution >= 0.6 is 0 Å². The zero-order valence-electron chi connectivity index (χ0n) is 26.7. The smallest absolute Gasteiger partial charge is 0.238 e. The highest BCUT2D eigenvalue weighted by Crippen LogP contribution is 2.15. The summed E-state index contributed by atoms with van der Waals surface area (Å²) >= 11 is 0. The monoisotopic (exact) mass is 622 g/mol. The molecule has 0 saturated heterocycles. The number of unbranched alkanes of at least 4 members (excludes halogenated alkanes) is 4. The molecule has 0 aromatic heterocycles. The number of hydrogen-bond donors (Lipinski definition) is 6. The van der Waals surface area contributed by atoms with E-state index in [9.17, 15) is 28.8 Å². The second-order valence-corrected chi connectivity index (χ2v) is 11.2. The average molecular weight is 623 g/mol. The molecule has 6 amide bonds. The molecule has 0 heterocycles. The molecule has 12 heteroatoms. The molecule has 0 unspecified atom stereocenters. The lowest BCUT2D eigenvalue weighted by molar-refractivity contribution is -0.129. The number of rotatable bonds is 16. The highest BCUT2D eigenvalue weighted by Gasteiger charge is 2.11. The molecule has 0 aliphatic carbocycles. The summed E-state index contributed by atoms with van der Waals surface area (Å²) in [6.45, 7) is 7.87. The number of benzene rings is 2. The van der Waals surface area contributed by atoms with E-state index in [4.69, 9.17) is 0 Å². The predicted octanol–water partition coefficient (Wildman–Crippen LogP) is 4.08. The standard InChI is InChI=1S/C33H46N6O6/c1-22-12-14-26(20-24(22)3)34-28(40)16-18-32(44)38-36-30(42)10-8-6-5-7-9-11-31(43)37-39-33(45)19-17-29(41)35-27-15-13-23(2)25(4)21-27/h12-15,20-21H,5-11,16-19H2,1-4H3,(H,34,40)(H,35,41)(H,36,42)(H,37,43)(H,38,44)(H,39,45). The summed E-state index contributed by atoms with van der Waals surface area (Å²) in [4.78, 5) is 72.0. The van der Waals surface area contributed by atoms with Crippen LogP contribution in [0.4, 0.5) is 11.4 Å². The molecular formula is C33H46N6O6. The van der Waals surface area contributed by atoms with Crippen molar-refractivity contribution in [1.29, 1.82) is 0 Å². The van der Waals surface area contributed by atoms with Gasteiger partial charge in [-0.2, -0.15) is 0 Å². The Bertz CT molecular complexity index is 1260. The van der Waals surface area contributed by atoms with E-state index in [0.717, 1.165) is 41.5 Å². The molecule has 2 aromatic carbocycles. The Balaban J connectivity index is 1.43. The van der Waals surface area contributed by atoms with E-state index in [1.54, 1.807) is 12.1 Å². The zero-order valence-corrected chi connectivity index (χ0v) is 26.7. The van der Waals surface area contributed by atoms with E-state index in [1.807, 2.05) is 52.0 Å². The van der Waals surface area contributed by atoms with Gasteiger partial charge in [0.2, 0.25) is 35.4 Å². The summed E-state index contributed by atoms with van der Waals surface area (Å²) in [5, 5.41) is 5.51. The van der Waals surface area contributed by atoms with Gasteiger partial charge in [0.25, 0.3) is 0 Å². The van der Waals surface area contributed by atoms with Crippen molar-refractivity contribution in [3.8, 4) is 0 Å². The molecule has 0 radical (unpaired) electrons. The van der Waals surface area contributed by atoms with Gasteiger partial charge in [0.05, 0.1) is 0 Å². The van der Waals surface area contributed by atoms with Gasteiger partial charge in [-0.1, -0.05) is 31.4 Å². The number of amides is 6. The molecule has 6 N–H and O–H groups in total. The van der Waals surface area contributed by atoms with Crippen LogP contribution in [0.3, 0.4) is 0 Å². The average Bonchev–Trinajstić information content (AvgIpc) is 3.00. The van der Waals surface area contributed by atoms with E-state index in [2.05, 4.69) is 32.3 Å². The normalized spacial score (nSPS) is 10.4. The highest BCUT2D eigenvalue weighted by atomic mass is 16.2. The number of anilines is 2. The Kier molecular flexibility index (Phi) is 15.8. The minimum absolute atomic E-state index is 0.00744. The van der Waals surface area contributed by atoms with Gasteiger partial charge in [0.1, 0.15) is 0 Å². The largest absolute Gasteiger partial charge is 0.326 e. The first-order chi connectivity index (χ1) is 21.4. The van der Waals surface area contributed by atoms with Crippen LogP contribution in [-0.2, 0) is 28.8 Å². The Morgan fingerprint density at radius 2 is 0.711 bits per heavy atom. The fourth-order valence-electron chi connectivity index (χ4n) is 4.17. The fourth-order valence-corrected chi connectivity index (χ4v) is 4.17. The lowest BCUT2D eigenvalue weighted by Crippen LogP contribution is -2.41. The van der Waals surface area contributed by atoms with Crippen molar-refractivity contribution in [3.05, 3.63) is 58.7 Å². The van der Waals surface area contributed by atoms with Crippen molar-refractivity contribution >= 4 is 46.8 Å². The molecule has 2 rings (SSSR count). The lowest BCUT2D eigenvalue weighted by atomic mass is 10.1.